The van der Waals surface area contributed by atoms with Gasteiger partial charge < -0.3 is 5.32 Å². The number of nitrogens with one attached hydrogen (secondary N) is 2. The number of para-hydroxylation sites is 1. The van der Waals surface area contributed by atoms with Crippen molar-refractivity contribution in [1.82, 2.24) is 15.4 Å². The molecule has 6 nitrogen and oxygen atoms in total. The lowest BCUT2D eigenvalue weighted by Crippen LogP contribution is -2.17. The second kappa shape index (κ2) is 7.53. The third-order valence-electron chi connectivity index (χ3n) is 4.14. The molecule has 1 amide bonds. The Hall–Kier alpha value is -3.29. The molecule has 0 bridgehead atoms. The lowest BCUT2D eigenvalue weighted by Gasteiger charge is -2.08. The minimum atomic E-state index is -0.536. The number of fused-ring (bicyclic) bond motifs is 1. The highest BCUT2D eigenvalue weighted by molar-refractivity contribution is 7.12. The topological polar surface area (TPSA) is 87.1 Å². The molecule has 7 heteroatoms. The van der Waals surface area contributed by atoms with E-state index in [4.69, 9.17) is 5.21 Å². The van der Waals surface area contributed by atoms with E-state index < -0.39 is 5.91 Å². The van der Waals surface area contributed by atoms with Crippen LogP contribution in [0.25, 0.3) is 22.2 Å². The third-order valence-corrected chi connectivity index (χ3v) is 5.06. The number of anilines is 1. The fourth-order valence-electron chi connectivity index (χ4n) is 2.79. The number of aromatic nitrogens is 2. The van der Waals surface area contributed by atoms with Gasteiger partial charge in [0.1, 0.15) is 4.88 Å². The normalized spacial score (nSPS) is 10.7. The monoisotopic (exact) mass is 376 g/mol. The van der Waals surface area contributed by atoms with Gasteiger partial charge in [-0.25, -0.2) is 5.48 Å². The van der Waals surface area contributed by atoms with Gasteiger partial charge in [-0.3, -0.25) is 20.0 Å². The van der Waals surface area contributed by atoms with Gasteiger partial charge >= 0.3 is 0 Å². The van der Waals surface area contributed by atoms with Gasteiger partial charge in [-0.2, -0.15) is 0 Å². The van der Waals surface area contributed by atoms with Gasteiger partial charge in [-0.05, 0) is 35.7 Å². The molecule has 0 radical (unpaired) electrons. The molecule has 4 rings (SSSR count). The third kappa shape index (κ3) is 3.64. The van der Waals surface area contributed by atoms with Crippen molar-refractivity contribution in [1.29, 1.82) is 0 Å². The summed E-state index contributed by atoms with van der Waals surface area (Å²) in [6.45, 7) is 0.586. The molecule has 0 atom stereocenters. The van der Waals surface area contributed by atoms with E-state index in [9.17, 15) is 4.79 Å². The number of thiophene rings is 1. The Kier molecular flexibility index (Phi) is 4.78. The summed E-state index contributed by atoms with van der Waals surface area (Å²) in [5.74, 6) is -0.536. The summed E-state index contributed by atoms with van der Waals surface area (Å²) in [7, 11) is 0. The fourth-order valence-corrected chi connectivity index (χ4v) is 3.59. The zero-order valence-electron chi connectivity index (χ0n) is 14.2. The summed E-state index contributed by atoms with van der Waals surface area (Å²) >= 11 is 1.25. The predicted octanol–water partition coefficient (Wildman–Crippen LogP) is 4.09. The Labute approximate surface area is 159 Å². The Morgan fingerprint density at radius 1 is 1.07 bits per heavy atom. The molecule has 3 N–H and O–H groups in total. The van der Waals surface area contributed by atoms with Crippen molar-refractivity contribution in [3.8, 4) is 11.3 Å². The van der Waals surface area contributed by atoms with Crippen molar-refractivity contribution in [2.75, 3.05) is 5.32 Å². The van der Waals surface area contributed by atoms with Crippen LogP contribution in [0.5, 0.6) is 0 Å². The van der Waals surface area contributed by atoms with Gasteiger partial charge in [-0.15, -0.1) is 11.3 Å². The van der Waals surface area contributed by atoms with Gasteiger partial charge in [0.2, 0.25) is 0 Å². The summed E-state index contributed by atoms with van der Waals surface area (Å²) < 4.78 is 0. The van der Waals surface area contributed by atoms with Gasteiger partial charge in [0, 0.05) is 10.9 Å². The number of benzene rings is 1. The second-order valence-corrected chi connectivity index (χ2v) is 6.80. The second-order valence-electron chi connectivity index (χ2n) is 5.89. The van der Waals surface area contributed by atoms with Crippen molar-refractivity contribution in [3.05, 3.63) is 76.7 Å². The molecule has 0 unspecified atom stereocenters. The molecule has 134 valence electrons. The lowest BCUT2D eigenvalue weighted by atomic mass is 10.1. The number of carbonyl (C=O) groups is 1. The number of hydrogen-bond acceptors (Lipinski definition) is 6. The largest absolute Gasteiger partial charge is 0.378 e. The number of hydroxylamine groups is 1. The molecule has 0 spiro atoms. The van der Waals surface area contributed by atoms with Crippen LogP contribution in [0.4, 0.5) is 5.69 Å². The van der Waals surface area contributed by atoms with E-state index in [2.05, 4.69) is 21.4 Å². The van der Waals surface area contributed by atoms with Gasteiger partial charge in [-0.1, -0.05) is 24.3 Å². The molecule has 0 saturated carbocycles. The van der Waals surface area contributed by atoms with Crippen LogP contribution >= 0.6 is 11.3 Å². The van der Waals surface area contributed by atoms with Crippen molar-refractivity contribution < 1.29 is 10.0 Å². The van der Waals surface area contributed by atoms with E-state index in [1.807, 2.05) is 48.5 Å². The van der Waals surface area contributed by atoms with Crippen molar-refractivity contribution in [3.63, 3.8) is 0 Å². The Balaban J connectivity index is 1.48. The maximum Gasteiger partial charge on any atom is 0.285 e. The van der Waals surface area contributed by atoms with E-state index in [1.165, 1.54) is 11.3 Å². The van der Waals surface area contributed by atoms with Gasteiger partial charge in [0.15, 0.2) is 0 Å². The zero-order chi connectivity index (χ0) is 18.6. The van der Waals surface area contributed by atoms with E-state index >= 15 is 0 Å². The summed E-state index contributed by atoms with van der Waals surface area (Å²) in [6.07, 6.45) is 1.72. The number of hydrogen-bond donors (Lipinski definition) is 3. The first-order valence-corrected chi connectivity index (χ1v) is 9.19. The molecule has 4 aromatic rings. The van der Waals surface area contributed by atoms with Crippen molar-refractivity contribution in [2.24, 2.45) is 0 Å². The standard InChI is InChI=1S/C20H16N4O2S/c25-20(24-26)19-16(9-10-27-19)18-8-7-14(11-22-18)21-12-15-6-5-13-3-1-2-4-17(13)23-15/h1-11,21,26H,12H2,(H,24,25). The van der Waals surface area contributed by atoms with Gasteiger partial charge in [0.05, 0.1) is 35.3 Å². The molecule has 27 heavy (non-hydrogen) atoms. The molecule has 1 aromatic carbocycles. The molecular formula is C20H16N4O2S. The Morgan fingerprint density at radius 3 is 2.78 bits per heavy atom. The maximum atomic E-state index is 11.7. The highest BCUT2D eigenvalue weighted by atomic mass is 32.1. The average Bonchev–Trinajstić information content (AvgIpc) is 3.22. The Bertz CT molecular complexity index is 1090. The SMILES string of the molecule is O=C(NO)c1sccc1-c1ccc(NCc2ccc3ccccc3n2)cn1. The fraction of sp³-hybridized carbons (Fsp3) is 0.0500. The lowest BCUT2D eigenvalue weighted by molar-refractivity contribution is 0.0711. The molecule has 0 saturated heterocycles. The van der Waals surface area contributed by atoms with Crippen LogP contribution in [0.1, 0.15) is 15.4 Å². The zero-order valence-corrected chi connectivity index (χ0v) is 15.0. The molecule has 0 aliphatic carbocycles. The average molecular weight is 376 g/mol. The van der Waals surface area contributed by atoms with E-state index in [1.54, 1.807) is 17.1 Å². The highest BCUT2D eigenvalue weighted by Crippen LogP contribution is 2.27. The quantitative estimate of drug-likeness (QED) is 0.361. The minimum absolute atomic E-state index is 0.422. The first kappa shape index (κ1) is 17.1. The van der Waals surface area contributed by atoms with E-state index in [0.717, 1.165) is 22.3 Å². The summed E-state index contributed by atoms with van der Waals surface area (Å²) in [5, 5.41) is 15.0. The van der Waals surface area contributed by atoms with Crippen LogP contribution in [0.15, 0.2) is 66.2 Å². The number of rotatable bonds is 5. The minimum Gasteiger partial charge on any atom is -0.378 e. The number of carbonyl (C=O) groups excluding carboxylic acids is 1. The maximum absolute atomic E-state index is 11.7. The van der Waals surface area contributed by atoms with Crippen molar-refractivity contribution in [2.45, 2.75) is 6.54 Å². The summed E-state index contributed by atoms with van der Waals surface area (Å²) in [6, 6.07) is 17.6. The smallest absolute Gasteiger partial charge is 0.285 e. The Morgan fingerprint density at radius 2 is 1.96 bits per heavy atom. The van der Waals surface area contributed by atoms with E-state index in [-0.39, 0.29) is 0 Å². The first-order chi connectivity index (χ1) is 13.2. The molecule has 0 aliphatic rings. The van der Waals surface area contributed by atoms with Crippen LogP contribution in [-0.4, -0.2) is 21.1 Å². The number of nitrogens with zero attached hydrogens (tertiary/aromatic N) is 2. The highest BCUT2D eigenvalue weighted by Gasteiger charge is 2.14. The molecule has 3 aromatic heterocycles. The predicted molar refractivity (Wildman–Crippen MR) is 106 cm³/mol. The number of pyridine rings is 2. The van der Waals surface area contributed by atoms with Crippen LogP contribution in [0.3, 0.4) is 0 Å². The van der Waals surface area contributed by atoms with Crippen LogP contribution in [-0.2, 0) is 6.54 Å². The van der Waals surface area contributed by atoms with Crippen LogP contribution in [0, 0.1) is 0 Å². The van der Waals surface area contributed by atoms with Crippen LogP contribution in [0.2, 0.25) is 0 Å². The molecular weight excluding hydrogens is 360 g/mol. The van der Waals surface area contributed by atoms with Gasteiger partial charge in [0.25, 0.3) is 5.91 Å². The molecule has 0 fully saturated rings. The van der Waals surface area contributed by atoms with Crippen molar-refractivity contribution >= 4 is 33.8 Å². The van der Waals surface area contributed by atoms with Crippen LogP contribution < -0.4 is 10.8 Å². The summed E-state index contributed by atoms with van der Waals surface area (Å²) in [5.41, 5.74) is 5.79. The van der Waals surface area contributed by atoms with E-state index in [0.29, 0.717) is 22.7 Å². The summed E-state index contributed by atoms with van der Waals surface area (Å²) in [4.78, 5) is 21.2. The number of amides is 1. The first-order valence-electron chi connectivity index (χ1n) is 8.31. The molecule has 3 heterocycles. The molecule has 0 aliphatic heterocycles.